The molecule has 14 heavy (non-hydrogen) atoms. The maximum atomic E-state index is 12.4. The van der Waals surface area contributed by atoms with Crippen LogP contribution in [-0.4, -0.2) is 22.4 Å². The Morgan fingerprint density at radius 3 is 2.50 bits per heavy atom. The number of para-hydroxylation sites is 1. The van der Waals surface area contributed by atoms with Gasteiger partial charge in [-0.1, -0.05) is 17.6 Å². The van der Waals surface area contributed by atoms with Gasteiger partial charge in [0, 0.05) is 0 Å². The summed E-state index contributed by atoms with van der Waals surface area (Å²) < 4.78 is 37.1. The average Bonchev–Trinajstić information content (AvgIpc) is 2.48. The van der Waals surface area contributed by atoms with E-state index in [1.54, 1.807) is 0 Å². The molecule has 0 saturated heterocycles. The number of fused-ring (bicyclic) bond motifs is 1. The van der Waals surface area contributed by atoms with E-state index in [2.05, 4.69) is 15.4 Å². The van der Waals surface area contributed by atoms with Gasteiger partial charge in [0.05, 0.1) is 5.52 Å². The first-order valence-electron chi connectivity index (χ1n) is 3.58. The van der Waals surface area contributed by atoms with Crippen molar-refractivity contribution in [1.29, 1.82) is 0 Å². The number of benzene rings is 1. The fourth-order valence-corrected chi connectivity index (χ4v) is 1.15. The maximum Gasteiger partial charge on any atom is 1.00 e. The number of aromatic nitrogens is 3. The Hall–Kier alpha value is 0.111. The second kappa shape index (κ2) is 4.32. The summed E-state index contributed by atoms with van der Waals surface area (Å²) in [4.78, 5) is 0. The summed E-state index contributed by atoms with van der Waals surface area (Å²) in [5.41, 5.74) is -0.585. The van der Waals surface area contributed by atoms with Gasteiger partial charge in [-0.15, -0.1) is 0 Å². The first-order valence-corrected chi connectivity index (χ1v) is 3.58. The third-order valence-electron chi connectivity index (χ3n) is 1.73. The number of H-pyrrole nitrogens is 1. The molecule has 0 spiro atoms. The van der Waals surface area contributed by atoms with Crippen LogP contribution in [-0.2, 0) is 0 Å². The largest absolute Gasteiger partial charge is 1.00 e. The fourth-order valence-electron chi connectivity index (χ4n) is 1.15. The molecule has 68 valence electrons. The van der Waals surface area contributed by atoms with Crippen LogP contribution in [0.2, 0.25) is 0 Å². The number of aromatic amines is 1. The van der Waals surface area contributed by atoms with Crippen molar-refractivity contribution in [3.05, 3.63) is 18.2 Å². The minimum absolute atomic E-state index is 0. The van der Waals surface area contributed by atoms with Crippen molar-refractivity contribution in [2.24, 2.45) is 0 Å². The van der Waals surface area contributed by atoms with E-state index in [1.165, 1.54) is 12.1 Å². The molecule has 0 radical (unpaired) electrons. The van der Waals surface area contributed by atoms with Crippen LogP contribution in [0.3, 0.4) is 0 Å². The van der Waals surface area contributed by atoms with E-state index >= 15 is 0 Å². The minimum atomic E-state index is -5.01. The van der Waals surface area contributed by atoms with Crippen molar-refractivity contribution in [1.82, 2.24) is 15.4 Å². The van der Waals surface area contributed by atoms with Crippen molar-refractivity contribution in [3.63, 3.8) is 0 Å². The Balaban J connectivity index is 0.000000980. The predicted molar refractivity (Wildman–Crippen MR) is 42.6 cm³/mol. The summed E-state index contributed by atoms with van der Waals surface area (Å²) in [7, 11) is 0. The predicted octanol–water partition coefficient (Wildman–Crippen LogP) is -1.98. The van der Waals surface area contributed by atoms with Gasteiger partial charge >= 0.3 is 58.4 Å². The van der Waals surface area contributed by atoms with Gasteiger partial charge in [-0.05, 0) is 6.07 Å². The summed E-state index contributed by atoms with van der Waals surface area (Å²) in [5, 5.41) is 9.17. The molecule has 0 amide bonds. The summed E-state index contributed by atoms with van der Waals surface area (Å²) in [5.74, 6) is 0. The fraction of sp³-hybridized carbons (Fsp3) is 0. The molecular formula is C6H4BF3KN3. The molecule has 8 heteroatoms. The molecule has 0 bridgehead atoms. The Morgan fingerprint density at radius 1 is 1.14 bits per heavy atom. The first kappa shape index (κ1) is 12.2. The van der Waals surface area contributed by atoms with Gasteiger partial charge in [0.2, 0.25) is 0 Å². The molecule has 0 unspecified atom stereocenters. The van der Waals surface area contributed by atoms with Crippen molar-refractivity contribution < 1.29 is 64.3 Å². The quantitative estimate of drug-likeness (QED) is 0.571. The summed E-state index contributed by atoms with van der Waals surface area (Å²) in [6, 6.07) is 3.80. The molecule has 0 atom stereocenters. The smallest absolute Gasteiger partial charge is 0.445 e. The molecule has 0 saturated carbocycles. The van der Waals surface area contributed by atoms with Crippen LogP contribution in [0.5, 0.6) is 0 Å². The number of nitrogens with zero attached hydrogens (tertiary/aromatic N) is 2. The van der Waals surface area contributed by atoms with Crippen LogP contribution in [0.4, 0.5) is 12.9 Å². The van der Waals surface area contributed by atoms with E-state index in [1.807, 2.05) is 0 Å². The Morgan fingerprint density at radius 2 is 1.86 bits per heavy atom. The zero-order chi connectivity index (χ0) is 9.47. The number of hydrogen-bond acceptors (Lipinski definition) is 2. The van der Waals surface area contributed by atoms with E-state index in [4.69, 9.17) is 0 Å². The van der Waals surface area contributed by atoms with Crippen molar-refractivity contribution in [2.45, 2.75) is 0 Å². The zero-order valence-corrected chi connectivity index (χ0v) is 10.5. The normalized spacial score (nSPS) is 11.4. The van der Waals surface area contributed by atoms with Crippen LogP contribution in [0, 0.1) is 0 Å². The number of rotatable bonds is 1. The Labute approximate surface area is 120 Å². The molecule has 1 aromatic heterocycles. The molecular weight excluding hydrogens is 221 g/mol. The van der Waals surface area contributed by atoms with Gasteiger partial charge in [0.25, 0.3) is 0 Å². The van der Waals surface area contributed by atoms with E-state index in [-0.39, 0.29) is 62.4 Å². The molecule has 2 rings (SSSR count). The number of nitrogens with one attached hydrogen (secondary N) is 1. The van der Waals surface area contributed by atoms with E-state index in [9.17, 15) is 12.9 Å². The minimum Gasteiger partial charge on any atom is -0.445 e. The molecule has 0 aliphatic carbocycles. The van der Waals surface area contributed by atoms with Gasteiger partial charge in [-0.25, -0.2) is 0 Å². The topological polar surface area (TPSA) is 41.6 Å². The monoisotopic (exact) mass is 225 g/mol. The van der Waals surface area contributed by atoms with E-state index in [0.29, 0.717) is 0 Å². The van der Waals surface area contributed by atoms with Gasteiger partial charge in [-0.2, -0.15) is 15.4 Å². The molecule has 0 aliphatic rings. The van der Waals surface area contributed by atoms with Crippen molar-refractivity contribution in [3.8, 4) is 0 Å². The van der Waals surface area contributed by atoms with E-state index < -0.39 is 12.4 Å². The molecule has 0 fully saturated rings. The van der Waals surface area contributed by atoms with E-state index in [0.717, 1.165) is 6.07 Å². The average molecular weight is 225 g/mol. The van der Waals surface area contributed by atoms with Crippen LogP contribution in [0.15, 0.2) is 18.2 Å². The second-order valence-corrected chi connectivity index (χ2v) is 2.61. The maximum absolute atomic E-state index is 12.4. The molecule has 0 aliphatic heterocycles. The summed E-state index contributed by atoms with van der Waals surface area (Å²) in [6.07, 6.45) is 0. The standard InChI is InChI=1S/C6H4BF3N3.K/c8-7(9,10)4-2-1-3-5-6(4)12-13-11-5;/h1-3H,(H,11,12,13);/q-1;+1. The second-order valence-electron chi connectivity index (χ2n) is 2.61. The summed E-state index contributed by atoms with van der Waals surface area (Å²) in [6.45, 7) is -5.01. The van der Waals surface area contributed by atoms with Crippen molar-refractivity contribution in [2.75, 3.05) is 0 Å². The number of hydrogen-bond donors (Lipinski definition) is 1. The number of halogens is 3. The van der Waals surface area contributed by atoms with Crippen LogP contribution >= 0.6 is 0 Å². The summed E-state index contributed by atoms with van der Waals surface area (Å²) >= 11 is 0. The molecule has 1 N–H and O–H groups in total. The van der Waals surface area contributed by atoms with Gasteiger partial charge in [0.1, 0.15) is 5.52 Å². The Bertz CT molecular complexity index is 441. The molecule has 3 nitrogen and oxygen atoms in total. The van der Waals surface area contributed by atoms with Crippen LogP contribution < -0.4 is 56.8 Å². The van der Waals surface area contributed by atoms with Gasteiger partial charge < -0.3 is 12.9 Å². The SMILES string of the molecule is F[B-](F)(F)c1cccc2n[nH]nc12.[K+]. The first-order chi connectivity index (χ1) is 6.09. The van der Waals surface area contributed by atoms with Crippen LogP contribution in [0.25, 0.3) is 11.0 Å². The van der Waals surface area contributed by atoms with Crippen molar-refractivity contribution >= 4 is 23.5 Å². The van der Waals surface area contributed by atoms with Crippen LogP contribution in [0.1, 0.15) is 0 Å². The Kier molecular flexibility index (Phi) is 3.75. The third-order valence-corrected chi connectivity index (χ3v) is 1.73. The molecule has 1 aromatic carbocycles. The van der Waals surface area contributed by atoms with Gasteiger partial charge in [-0.3, -0.25) is 0 Å². The van der Waals surface area contributed by atoms with Gasteiger partial charge in [0.15, 0.2) is 0 Å². The molecule has 1 heterocycles. The third kappa shape index (κ3) is 2.19. The zero-order valence-electron chi connectivity index (χ0n) is 7.34. The molecule has 2 aromatic rings.